The van der Waals surface area contributed by atoms with Gasteiger partial charge in [-0.25, -0.2) is 0 Å². The zero-order chi connectivity index (χ0) is 13.8. The lowest BCUT2D eigenvalue weighted by molar-refractivity contribution is 0.102. The number of rotatable bonds is 3. The number of benzene rings is 2. The number of anilines is 1. The molecule has 0 unspecified atom stereocenters. The third kappa shape index (κ3) is 3.35. The first-order valence-electron chi connectivity index (χ1n) is 5.81. The van der Waals surface area contributed by atoms with Crippen LogP contribution in [0.2, 0.25) is 0 Å². The van der Waals surface area contributed by atoms with Crippen LogP contribution in [0.3, 0.4) is 0 Å². The maximum Gasteiger partial charge on any atom is 0.255 e. The lowest BCUT2D eigenvalue weighted by Gasteiger charge is -2.08. The van der Waals surface area contributed by atoms with E-state index in [1.165, 1.54) is 0 Å². The van der Waals surface area contributed by atoms with Crippen LogP contribution in [0.15, 0.2) is 46.9 Å². The molecule has 0 fully saturated rings. The molecule has 0 atom stereocenters. The topological polar surface area (TPSA) is 38.3 Å². The molecule has 0 saturated carbocycles. The van der Waals surface area contributed by atoms with Gasteiger partial charge in [0, 0.05) is 11.3 Å². The molecule has 1 amide bonds. The molecular formula is C15H14BrNO2. The van der Waals surface area contributed by atoms with Crippen molar-refractivity contribution in [1.29, 1.82) is 0 Å². The number of methoxy groups -OCH3 is 1. The molecule has 4 heteroatoms. The van der Waals surface area contributed by atoms with E-state index in [9.17, 15) is 4.79 Å². The quantitative estimate of drug-likeness (QED) is 0.928. The Morgan fingerprint density at radius 1 is 1.21 bits per heavy atom. The second-order valence-electron chi connectivity index (χ2n) is 4.17. The SMILES string of the molecule is COc1ccc(C(=O)Nc2cccc(C)c2)cc1Br. The Bertz CT molecular complexity index is 611. The van der Waals surface area contributed by atoms with E-state index in [2.05, 4.69) is 21.2 Å². The van der Waals surface area contributed by atoms with E-state index in [4.69, 9.17) is 4.74 Å². The first-order valence-corrected chi connectivity index (χ1v) is 6.61. The summed E-state index contributed by atoms with van der Waals surface area (Å²) in [6.45, 7) is 1.99. The van der Waals surface area contributed by atoms with Gasteiger partial charge < -0.3 is 10.1 Å². The number of carbonyl (C=O) groups excluding carboxylic acids is 1. The Balaban J connectivity index is 2.18. The molecule has 0 aliphatic rings. The van der Waals surface area contributed by atoms with Crippen molar-refractivity contribution in [3.63, 3.8) is 0 Å². The Labute approximate surface area is 120 Å². The average molecular weight is 320 g/mol. The number of aryl methyl sites for hydroxylation is 1. The second-order valence-corrected chi connectivity index (χ2v) is 5.03. The van der Waals surface area contributed by atoms with Crippen molar-refractivity contribution >= 4 is 27.5 Å². The predicted octanol–water partition coefficient (Wildman–Crippen LogP) is 4.02. The largest absolute Gasteiger partial charge is 0.496 e. The van der Waals surface area contributed by atoms with Gasteiger partial charge in [0.15, 0.2) is 0 Å². The number of halogens is 1. The fraction of sp³-hybridized carbons (Fsp3) is 0.133. The molecule has 0 bridgehead atoms. The van der Waals surface area contributed by atoms with Gasteiger partial charge in [0.1, 0.15) is 5.75 Å². The van der Waals surface area contributed by atoms with Crippen LogP contribution < -0.4 is 10.1 Å². The molecule has 2 rings (SSSR count). The summed E-state index contributed by atoms with van der Waals surface area (Å²) in [5.41, 5.74) is 2.47. The van der Waals surface area contributed by atoms with Gasteiger partial charge >= 0.3 is 0 Å². The van der Waals surface area contributed by atoms with E-state index >= 15 is 0 Å². The van der Waals surface area contributed by atoms with Gasteiger partial charge in [-0.1, -0.05) is 12.1 Å². The zero-order valence-corrected chi connectivity index (χ0v) is 12.3. The predicted molar refractivity (Wildman–Crippen MR) is 79.8 cm³/mol. The fourth-order valence-electron chi connectivity index (χ4n) is 1.73. The van der Waals surface area contributed by atoms with Crippen LogP contribution in [-0.4, -0.2) is 13.0 Å². The summed E-state index contributed by atoms with van der Waals surface area (Å²) >= 11 is 3.37. The molecule has 0 aromatic heterocycles. The van der Waals surface area contributed by atoms with E-state index in [0.29, 0.717) is 11.3 Å². The van der Waals surface area contributed by atoms with Gasteiger partial charge in [0.25, 0.3) is 5.91 Å². The maximum atomic E-state index is 12.1. The lowest BCUT2D eigenvalue weighted by Crippen LogP contribution is -2.11. The number of carbonyl (C=O) groups is 1. The number of nitrogens with one attached hydrogen (secondary N) is 1. The molecule has 3 nitrogen and oxygen atoms in total. The number of ether oxygens (including phenoxy) is 1. The summed E-state index contributed by atoms with van der Waals surface area (Å²) in [4.78, 5) is 12.1. The van der Waals surface area contributed by atoms with Crippen molar-refractivity contribution < 1.29 is 9.53 Å². The van der Waals surface area contributed by atoms with Crippen molar-refractivity contribution in [3.8, 4) is 5.75 Å². The van der Waals surface area contributed by atoms with Crippen LogP contribution in [0, 0.1) is 6.92 Å². The first-order chi connectivity index (χ1) is 9.10. The summed E-state index contributed by atoms with van der Waals surface area (Å²) in [7, 11) is 1.59. The molecule has 0 radical (unpaired) electrons. The summed E-state index contributed by atoms with van der Waals surface area (Å²) in [6, 6.07) is 12.9. The second kappa shape index (κ2) is 5.89. The van der Waals surface area contributed by atoms with Crippen molar-refractivity contribution in [2.75, 3.05) is 12.4 Å². The zero-order valence-electron chi connectivity index (χ0n) is 10.7. The Morgan fingerprint density at radius 3 is 2.63 bits per heavy atom. The van der Waals surface area contributed by atoms with Gasteiger partial charge in [-0.05, 0) is 58.7 Å². The van der Waals surface area contributed by atoms with Crippen LogP contribution in [0.5, 0.6) is 5.75 Å². The molecule has 0 saturated heterocycles. The normalized spacial score (nSPS) is 10.1. The lowest BCUT2D eigenvalue weighted by atomic mass is 10.2. The summed E-state index contributed by atoms with van der Waals surface area (Å²) in [5.74, 6) is 0.557. The summed E-state index contributed by atoms with van der Waals surface area (Å²) in [5, 5.41) is 2.86. The standard InChI is InChI=1S/C15H14BrNO2/c1-10-4-3-5-12(8-10)17-15(18)11-6-7-14(19-2)13(16)9-11/h3-9H,1-2H3,(H,17,18). The van der Waals surface area contributed by atoms with Crippen LogP contribution in [0.1, 0.15) is 15.9 Å². The molecule has 0 aliphatic carbocycles. The molecule has 19 heavy (non-hydrogen) atoms. The van der Waals surface area contributed by atoms with E-state index in [0.717, 1.165) is 15.7 Å². The molecule has 98 valence electrons. The summed E-state index contributed by atoms with van der Waals surface area (Å²) in [6.07, 6.45) is 0. The minimum Gasteiger partial charge on any atom is -0.496 e. The van der Waals surface area contributed by atoms with Crippen LogP contribution in [0.25, 0.3) is 0 Å². The van der Waals surface area contributed by atoms with Gasteiger partial charge in [-0.3, -0.25) is 4.79 Å². The summed E-state index contributed by atoms with van der Waals surface area (Å²) < 4.78 is 5.89. The molecule has 0 aliphatic heterocycles. The average Bonchev–Trinajstić information content (AvgIpc) is 2.38. The number of hydrogen-bond donors (Lipinski definition) is 1. The third-order valence-corrected chi connectivity index (χ3v) is 3.31. The number of hydrogen-bond acceptors (Lipinski definition) is 2. The van der Waals surface area contributed by atoms with E-state index in [-0.39, 0.29) is 5.91 Å². The third-order valence-electron chi connectivity index (χ3n) is 2.69. The highest BCUT2D eigenvalue weighted by atomic mass is 79.9. The highest BCUT2D eigenvalue weighted by Crippen LogP contribution is 2.25. The van der Waals surface area contributed by atoms with Crippen molar-refractivity contribution in [1.82, 2.24) is 0 Å². The Morgan fingerprint density at radius 2 is 2.00 bits per heavy atom. The van der Waals surface area contributed by atoms with Crippen LogP contribution >= 0.6 is 15.9 Å². The maximum absolute atomic E-state index is 12.1. The molecular weight excluding hydrogens is 306 g/mol. The minimum atomic E-state index is -0.144. The first kappa shape index (κ1) is 13.6. The number of amides is 1. The van der Waals surface area contributed by atoms with Gasteiger partial charge in [-0.2, -0.15) is 0 Å². The van der Waals surface area contributed by atoms with Crippen molar-refractivity contribution in [3.05, 3.63) is 58.1 Å². The molecule has 2 aromatic rings. The highest BCUT2D eigenvalue weighted by molar-refractivity contribution is 9.10. The van der Waals surface area contributed by atoms with E-state index < -0.39 is 0 Å². The van der Waals surface area contributed by atoms with Gasteiger partial charge in [0.05, 0.1) is 11.6 Å². The monoisotopic (exact) mass is 319 g/mol. The molecule has 0 heterocycles. The van der Waals surface area contributed by atoms with Crippen LogP contribution in [-0.2, 0) is 0 Å². The fourth-order valence-corrected chi connectivity index (χ4v) is 2.27. The Hall–Kier alpha value is -1.81. The van der Waals surface area contributed by atoms with E-state index in [1.807, 2.05) is 31.2 Å². The molecule has 2 aromatic carbocycles. The molecule has 0 spiro atoms. The smallest absolute Gasteiger partial charge is 0.255 e. The van der Waals surface area contributed by atoms with Crippen molar-refractivity contribution in [2.45, 2.75) is 6.92 Å². The van der Waals surface area contributed by atoms with Crippen molar-refractivity contribution in [2.24, 2.45) is 0 Å². The van der Waals surface area contributed by atoms with Crippen LogP contribution in [0.4, 0.5) is 5.69 Å². The molecule has 1 N–H and O–H groups in total. The minimum absolute atomic E-state index is 0.144. The van der Waals surface area contributed by atoms with Gasteiger partial charge in [-0.15, -0.1) is 0 Å². The Kier molecular flexibility index (Phi) is 4.22. The highest BCUT2D eigenvalue weighted by Gasteiger charge is 2.09. The van der Waals surface area contributed by atoms with Gasteiger partial charge in [0.2, 0.25) is 0 Å². The van der Waals surface area contributed by atoms with E-state index in [1.54, 1.807) is 25.3 Å².